The Balaban J connectivity index is 1.74. The van der Waals surface area contributed by atoms with Crippen LogP contribution in [0.1, 0.15) is 49.3 Å². The van der Waals surface area contributed by atoms with E-state index in [9.17, 15) is 31.2 Å². The van der Waals surface area contributed by atoms with Crippen molar-refractivity contribution in [2.45, 2.75) is 69.2 Å². The van der Waals surface area contributed by atoms with Gasteiger partial charge in [0, 0.05) is 12.6 Å². The minimum absolute atomic E-state index is 0.0175. The second kappa shape index (κ2) is 13.4. The first kappa shape index (κ1) is 32.3. The summed E-state index contributed by atoms with van der Waals surface area (Å²) in [7, 11) is -4.53. The van der Waals surface area contributed by atoms with E-state index in [0.717, 1.165) is 43.4 Å². The second-order valence-electron chi connectivity index (χ2n) is 10.7. The molecule has 1 atom stereocenters. The van der Waals surface area contributed by atoms with E-state index in [2.05, 4.69) is 5.32 Å². The molecule has 7 nitrogen and oxygen atoms in total. The first-order chi connectivity index (χ1) is 20.3. The Labute approximate surface area is 254 Å². The molecule has 1 aliphatic carbocycles. The van der Waals surface area contributed by atoms with Crippen LogP contribution in [0.15, 0.2) is 77.7 Å². The summed E-state index contributed by atoms with van der Waals surface area (Å²) in [6.45, 7) is 2.57. The van der Waals surface area contributed by atoms with Crippen LogP contribution in [-0.2, 0) is 32.3 Å². The zero-order valence-electron chi connectivity index (χ0n) is 23.8. The van der Waals surface area contributed by atoms with Crippen LogP contribution in [0.5, 0.6) is 0 Å². The largest absolute Gasteiger partial charge is 0.417 e. The number of sulfonamides is 1. The van der Waals surface area contributed by atoms with Crippen molar-refractivity contribution in [3.8, 4) is 0 Å². The number of hydrogen-bond acceptors (Lipinski definition) is 4. The zero-order valence-corrected chi connectivity index (χ0v) is 25.3. The molecule has 2 amide bonds. The van der Waals surface area contributed by atoms with E-state index < -0.39 is 56.9 Å². The molecule has 0 bridgehead atoms. The molecule has 4 rings (SSSR count). The number of aryl methyl sites for hydroxylation is 1. The molecule has 0 aromatic heterocycles. The lowest BCUT2D eigenvalue weighted by Gasteiger charge is -2.32. The number of hydrogen-bond donors (Lipinski definition) is 1. The van der Waals surface area contributed by atoms with Gasteiger partial charge in [0.2, 0.25) is 11.8 Å². The van der Waals surface area contributed by atoms with Gasteiger partial charge in [-0.2, -0.15) is 13.2 Å². The van der Waals surface area contributed by atoms with Crippen LogP contribution in [0.4, 0.5) is 18.9 Å². The topological polar surface area (TPSA) is 86.8 Å². The Morgan fingerprint density at radius 1 is 1.00 bits per heavy atom. The summed E-state index contributed by atoms with van der Waals surface area (Å²) < 4.78 is 69.6. The van der Waals surface area contributed by atoms with Gasteiger partial charge in [0.25, 0.3) is 10.0 Å². The Kier molecular flexibility index (Phi) is 10.1. The first-order valence-electron chi connectivity index (χ1n) is 13.9. The van der Waals surface area contributed by atoms with Crippen molar-refractivity contribution in [3.63, 3.8) is 0 Å². The highest BCUT2D eigenvalue weighted by molar-refractivity contribution is 7.92. The van der Waals surface area contributed by atoms with Crippen LogP contribution in [-0.4, -0.2) is 43.8 Å². The maximum absolute atomic E-state index is 14.0. The lowest BCUT2D eigenvalue weighted by Crippen LogP contribution is -2.52. The standard InChI is InChI=1S/C31H33ClF3N3O4S/c1-21-12-14-23(15-13-21)19-37(22(2)30(40)36-24-8-6-7-9-24)29(39)20-38(43(41,42)26-10-4-3-5-11-26)25-16-17-28(32)27(18-25)31(33,34)35/h3-5,10-18,22,24H,6-9,19-20H2,1-2H3,(H,36,40). The third kappa shape index (κ3) is 7.88. The van der Waals surface area contributed by atoms with Crippen LogP contribution < -0.4 is 9.62 Å². The summed E-state index contributed by atoms with van der Waals surface area (Å²) in [5.41, 5.74) is 0.0419. The van der Waals surface area contributed by atoms with Crippen LogP contribution >= 0.6 is 11.6 Å². The number of benzene rings is 3. The van der Waals surface area contributed by atoms with Crippen molar-refractivity contribution in [2.24, 2.45) is 0 Å². The van der Waals surface area contributed by atoms with E-state index in [4.69, 9.17) is 11.6 Å². The van der Waals surface area contributed by atoms with E-state index in [1.54, 1.807) is 25.1 Å². The molecule has 12 heteroatoms. The SMILES string of the molecule is Cc1ccc(CN(C(=O)CN(c2ccc(Cl)c(C(F)(F)F)c2)S(=O)(=O)c2ccccc2)C(C)C(=O)NC2CCCC2)cc1. The molecule has 0 aliphatic heterocycles. The number of halogens is 4. The normalized spacial score (nSPS) is 14.7. The van der Waals surface area contributed by atoms with Crippen LogP contribution in [0, 0.1) is 6.92 Å². The summed E-state index contributed by atoms with van der Waals surface area (Å²) in [6.07, 6.45) is -1.25. The van der Waals surface area contributed by atoms with Gasteiger partial charge in [-0.05, 0) is 62.6 Å². The predicted octanol–water partition coefficient (Wildman–Crippen LogP) is 6.34. The third-order valence-electron chi connectivity index (χ3n) is 7.50. The van der Waals surface area contributed by atoms with E-state index in [0.29, 0.717) is 15.9 Å². The molecule has 43 heavy (non-hydrogen) atoms. The number of nitrogens with zero attached hydrogens (tertiary/aromatic N) is 2. The van der Waals surface area contributed by atoms with Crippen molar-refractivity contribution in [2.75, 3.05) is 10.8 Å². The molecule has 230 valence electrons. The first-order valence-corrected chi connectivity index (χ1v) is 15.7. The number of rotatable bonds is 10. The number of amides is 2. The fourth-order valence-corrected chi connectivity index (χ4v) is 6.65. The van der Waals surface area contributed by atoms with Gasteiger partial charge in [0.1, 0.15) is 12.6 Å². The van der Waals surface area contributed by atoms with Crippen LogP contribution in [0.3, 0.4) is 0 Å². The number of anilines is 1. The predicted molar refractivity (Wildman–Crippen MR) is 159 cm³/mol. The minimum Gasteiger partial charge on any atom is -0.352 e. The monoisotopic (exact) mass is 635 g/mol. The van der Waals surface area contributed by atoms with E-state index in [-0.39, 0.29) is 17.5 Å². The minimum atomic E-state index is -4.87. The summed E-state index contributed by atoms with van der Waals surface area (Å²) in [5, 5.41) is 2.36. The van der Waals surface area contributed by atoms with Gasteiger partial charge in [-0.3, -0.25) is 13.9 Å². The van der Waals surface area contributed by atoms with Crippen molar-refractivity contribution in [3.05, 3.63) is 94.5 Å². The van der Waals surface area contributed by atoms with Crippen molar-refractivity contribution >= 4 is 39.1 Å². The highest BCUT2D eigenvalue weighted by Crippen LogP contribution is 2.38. The van der Waals surface area contributed by atoms with E-state index >= 15 is 0 Å². The lowest BCUT2D eigenvalue weighted by atomic mass is 10.1. The van der Waals surface area contributed by atoms with Crippen molar-refractivity contribution in [1.82, 2.24) is 10.2 Å². The fraction of sp³-hybridized carbons (Fsp3) is 0.355. The number of carbonyl (C=O) groups is 2. The van der Waals surface area contributed by atoms with Gasteiger partial charge in [-0.25, -0.2) is 8.42 Å². The molecule has 0 spiro atoms. The molecule has 0 heterocycles. The van der Waals surface area contributed by atoms with Gasteiger partial charge in [-0.1, -0.05) is 72.5 Å². The molecule has 3 aromatic carbocycles. The van der Waals surface area contributed by atoms with E-state index in [1.807, 2.05) is 19.1 Å². The maximum Gasteiger partial charge on any atom is 0.417 e. The molecule has 0 radical (unpaired) electrons. The highest BCUT2D eigenvalue weighted by atomic mass is 35.5. The van der Waals surface area contributed by atoms with Crippen LogP contribution in [0.2, 0.25) is 5.02 Å². The summed E-state index contributed by atoms with van der Waals surface area (Å²) in [5.74, 6) is -1.16. The molecular weight excluding hydrogens is 603 g/mol. The number of nitrogens with one attached hydrogen (secondary N) is 1. The molecule has 1 fully saturated rings. The van der Waals surface area contributed by atoms with Gasteiger partial charge < -0.3 is 10.2 Å². The second-order valence-corrected chi connectivity index (χ2v) is 12.9. The molecule has 1 saturated carbocycles. The van der Waals surface area contributed by atoms with Crippen molar-refractivity contribution < 1.29 is 31.2 Å². The average Bonchev–Trinajstić information content (AvgIpc) is 3.48. The van der Waals surface area contributed by atoms with Gasteiger partial charge in [0.05, 0.1) is 21.2 Å². The summed E-state index contributed by atoms with van der Waals surface area (Å²) >= 11 is 5.81. The van der Waals surface area contributed by atoms with Crippen molar-refractivity contribution in [1.29, 1.82) is 0 Å². The average molecular weight is 636 g/mol. The van der Waals surface area contributed by atoms with E-state index in [1.165, 1.54) is 29.2 Å². The number of alkyl halides is 3. The Morgan fingerprint density at radius 2 is 1.63 bits per heavy atom. The van der Waals surface area contributed by atoms with Crippen LogP contribution in [0.25, 0.3) is 0 Å². The summed E-state index contributed by atoms with van der Waals surface area (Å²) in [4.78, 5) is 28.3. The third-order valence-corrected chi connectivity index (χ3v) is 9.61. The number of carbonyl (C=O) groups excluding carboxylic acids is 2. The lowest BCUT2D eigenvalue weighted by molar-refractivity contribution is -0.139. The Bertz CT molecular complexity index is 1540. The molecule has 1 unspecified atom stereocenters. The highest BCUT2D eigenvalue weighted by Gasteiger charge is 2.37. The summed E-state index contributed by atoms with van der Waals surface area (Å²) in [6, 6.07) is 16.0. The molecular formula is C31H33ClF3N3O4S. The smallest absolute Gasteiger partial charge is 0.352 e. The zero-order chi connectivity index (χ0) is 31.4. The molecule has 0 saturated heterocycles. The fourth-order valence-electron chi connectivity index (χ4n) is 5.00. The van der Waals surface area contributed by atoms with Gasteiger partial charge in [0.15, 0.2) is 0 Å². The van der Waals surface area contributed by atoms with Gasteiger partial charge in [-0.15, -0.1) is 0 Å². The quantitative estimate of drug-likeness (QED) is 0.282. The Hall–Kier alpha value is -3.57. The molecule has 3 aromatic rings. The molecule has 1 aliphatic rings. The molecule has 1 N–H and O–H groups in total. The maximum atomic E-state index is 14.0. The van der Waals surface area contributed by atoms with Gasteiger partial charge >= 0.3 is 6.18 Å². The Morgan fingerprint density at radius 3 is 2.23 bits per heavy atom.